The van der Waals surface area contributed by atoms with E-state index in [9.17, 15) is 13.6 Å². The van der Waals surface area contributed by atoms with Crippen molar-refractivity contribution in [1.29, 1.82) is 0 Å². The van der Waals surface area contributed by atoms with Crippen LogP contribution in [-0.2, 0) is 4.79 Å². The average Bonchev–Trinajstić information content (AvgIpc) is 2.37. The van der Waals surface area contributed by atoms with Crippen LogP contribution >= 0.6 is 0 Å². The number of hydrogen-bond acceptors (Lipinski definition) is 3. The topological polar surface area (TPSA) is 50.4 Å². The zero-order valence-corrected chi connectivity index (χ0v) is 10.5. The van der Waals surface area contributed by atoms with E-state index < -0.39 is 12.7 Å². The van der Waals surface area contributed by atoms with Crippen LogP contribution in [-0.4, -0.2) is 25.1 Å². The number of benzene rings is 1. The minimum Gasteiger partial charge on any atom is -0.433 e. The fourth-order valence-electron chi connectivity index (χ4n) is 1.41. The predicted molar refractivity (Wildman–Crippen MR) is 69.4 cm³/mol. The average molecular weight is 270 g/mol. The van der Waals surface area contributed by atoms with Gasteiger partial charge in [-0.05, 0) is 19.1 Å². The molecule has 1 unspecified atom stereocenters. The third-order valence-electron chi connectivity index (χ3n) is 2.29. The summed E-state index contributed by atoms with van der Waals surface area (Å²) in [6, 6.07) is 5.63. The molecular weight excluding hydrogens is 254 g/mol. The summed E-state index contributed by atoms with van der Waals surface area (Å²) >= 11 is 0. The Hall–Kier alpha value is -2.11. The number of rotatable bonds is 7. The van der Waals surface area contributed by atoms with Crippen LogP contribution in [0.4, 0.5) is 14.5 Å². The van der Waals surface area contributed by atoms with E-state index in [1.807, 2.05) is 0 Å². The first-order valence-corrected chi connectivity index (χ1v) is 5.73. The second kappa shape index (κ2) is 7.35. The van der Waals surface area contributed by atoms with Gasteiger partial charge in [0.15, 0.2) is 0 Å². The van der Waals surface area contributed by atoms with Gasteiger partial charge in [-0.3, -0.25) is 4.79 Å². The van der Waals surface area contributed by atoms with E-state index >= 15 is 0 Å². The SMILES string of the molecule is C=CCNC(=O)C(C)Nc1ccccc1OC(F)F. The van der Waals surface area contributed by atoms with Gasteiger partial charge in [-0.25, -0.2) is 0 Å². The molecule has 1 aromatic rings. The summed E-state index contributed by atoms with van der Waals surface area (Å²) in [6.07, 6.45) is 1.55. The monoisotopic (exact) mass is 270 g/mol. The molecular formula is C13H16F2N2O2. The molecule has 0 bridgehead atoms. The molecule has 1 aromatic carbocycles. The van der Waals surface area contributed by atoms with Gasteiger partial charge in [-0.1, -0.05) is 18.2 Å². The number of para-hydroxylation sites is 2. The van der Waals surface area contributed by atoms with Gasteiger partial charge in [0.25, 0.3) is 0 Å². The summed E-state index contributed by atoms with van der Waals surface area (Å²) in [5.41, 5.74) is 0.337. The Morgan fingerprint density at radius 1 is 1.47 bits per heavy atom. The zero-order valence-electron chi connectivity index (χ0n) is 10.5. The normalized spacial score (nSPS) is 11.8. The predicted octanol–water partition coefficient (Wildman–Crippen LogP) is 2.39. The van der Waals surface area contributed by atoms with Gasteiger partial charge >= 0.3 is 6.61 Å². The highest BCUT2D eigenvalue weighted by Crippen LogP contribution is 2.25. The fourth-order valence-corrected chi connectivity index (χ4v) is 1.41. The van der Waals surface area contributed by atoms with E-state index in [-0.39, 0.29) is 11.7 Å². The Bertz CT molecular complexity index is 438. The van der Waals surface area contributed by atoms with Gasteiger partial charge in [-0.2, -0.15) is 8.78 Å². The summed E-state index contributed by atoms with van der Waals surface area (Å²) in [5, 5.41) is 5.42. The first-order valence-electron chi connectivity index (χ1n) is 5.73. The van der Waals surface area contributed by atoms with Crippen molar-refractivity contribution in [2.75, 3.05) is 11.9 Å². The minimum atomic E-state index is -2.91. The van der Waals surface area contributed by atoms with Crippen LogP contribution in [0.5, 0.6) is 5.75 Å². The number of anilines is 1. The molecule has 1 amide bonds. The lowest BCUT2D eigenvalue weighted by molar-refractivity contribution is -0.121. The number of halogens is 2. The first kappa shape index (κ1) is 14.9. The van der Waals surface area contributed by atoms with Crippen molar-refractivity contribution in [1.82, 2.24) is 5.32 Å². The Labute approximate surface area is 110 Å². The number of nitrogens with one attached hydrogen (secondary N) is 2. The number of hydrogen-bond donors (Lipinski definition) is 2. The lowest BCUT2D eigenvalue weighted by Crippen LogP contribution is -2.37. The molecule has 0 aromatic heterocycles. The van der Waals surface area contributed by atoms with Gasteiger partial charge in [0, 0.05) is 6.54 Å². The van der Waals surface area contributed by atoms with Crippen LogP contribution < -0.4 is 15.4 Å². The largest absolute Gasteiger partial charge is 0.433 e. The highest BCUT2D eigenvalue weighted by atomic mass is 19.3. The Kier molecular flexibility index (Phi) is 5.78. The molecule has 0 heterocycles. The third kappa shape index (κ3) is 4.95. The minimum absolute atomic E-state index is 0.000806. The summed E-state index contributed by atoms with van der Waals surface area (Å²) in [5.74, 6) is -0.257. The zero-order chi connectivity index (χ0) is 14.3. The van der Waals surface area contributed by atoms with Crippen molar-refractivity contribution < 1.29 is 18.3 Å². The molecule has 0 spiro atoms. The lowest BCUT2D eigenvalue weighted by Gasteiger charge is -2.17. The lowest BCUT2D eigenvalue weighted by atomic mass is 10.2. The molecule has 104 valence electrons. The maximum Gasteiger partial charge on any atom is 0.387 e. The standard InChI is InChI=1S/C13H16F2N2O2/c1-3-8-16-12(18)9(2)17-10-6-4-5-7-11(10)19-13(14)15/h3-7,9,13,17H,1,8H2,2H3,(H,16,18). The summed E-state index contributed by atoms with van der Waals surface area (Å²) in [4.78, 5) is 11.6. The van der Waals surface area contributed by atoms with Crippen molar-refractivity contribution in [2.24, 2.45) is 0 Å². The molecule has 0 aliphatic rings. The Balaban J connectivity index is 2.70. The molecule has 0 saturated heterocycles. The molecule has 2 N–H and O–H groups in total. The van der Waals surface area contributed by atoms with E-state index in [2.05, 4.69) is 21.9 Å². The molecule has 0 fully saturated rings. The molecule has 0 aliphatic heterocycles. The first-order chi connectivity index (χ1) is 9.04. The molecule has 1 atom stereocenters. The van der Waals surface area contributed by atoms with E-state index in [4.69, 9.17) is 0 Å². The number of carbonyl (C=O) groups excluding carboxylic acids is 1. The van der Waals surface area contributed by atoms with E-state index in [0.29, 0.717) is 12.2 Å². The highest BCUT2D eigenvalue weighted by Gasteiger charge is 2.15. The molecule has 0 aliphatic carbocycles. The molecule has 0 saturated carbocycles. The Morgan fingerprint density at radius 3 is 2.79 bits per heavy atom. The van der Waals surface area contributed by atoms with Gasteiger partial charge in [0.05, 0.1) is 5.69 Å². The smallest absolute Gasteiger partial charge is 0.387 e. The second-order valence-corrected chi connectivity index (χ2v) is 3.77. The number of amides is 1. The number of alkyl halides is 2. The molecule has 19 heavy (non-hydrogen) atoms. The third-order valence-corrected chi connectivity index (χ3v) is 2.29. The number of carbonyl (C=O) groups is 1. The quantitative estimate of drug-likeness (QED) is 0.748. The molecule has 6 heteroatoms. The maximum atomic E-state index is 12.2. The van der Waals surface area contributed by atoms with Crippen LogP contribution in [0.2, 0.25) is 0 Å². The number of ether oxygens (including phenoxy) is 1. The van der Waals surface area contributed by atoms with Gasteiger partial charge in [0.2, 0.25) is 5.91 Å². The van der Waals surface area contributed by atoms with Crippen LogP contribution in [0.1, 0.15) is 6.92 Å². The van der Waals surface area contributed by atoms with Crippen molar-refractivity contribution in [3.05, 3.63) is 36.9 Å². The maximum absolute atomic E-state index is 12.2. The van der Waals surface area contributed by atoms with E-state index in [1.165, 1.54) is 6.07 Å². The van der Waals surface area contributed by atoms with Crippen LogP contribution in [0.15, 0.2) is 36.9 Å². The van der Waals surface area contributed by atoms with Crippen LogP contribution in [0.25, 0.3) is 0 Å². The van der Waals surface area contributed by atoms with E-state index in [1.54, 1.807) is 31.2 Å². The van der Waals surface area contributed by atoms with Crippen molar-refractivity contribution in [2.45, 2.75) is 19.6 Å². The summed E-state index contributed by atoms with van der Waals surface area (Å²) in [6.45, 7) is 2.54. The van der Waals surface area contributed by atoms with Crippen molar-refractivity contribution >= 4 is 11.6 Å². The fraction of sp³-hybridized carbons (Fsp3) is 0.308. The summed E-state index contributed by atoms with van der Waals surface area (Å²) < 4.78 is 28.8. The van der Waals surface area contributed by atoms with E-state index in [0.717, 1.165) is 0 Å². The molecule has 4 nitrogen and oxygen atoms in total. The van der Waals surface area contributed by atoms with Gasteiger partial charge < -0.3 is 15.4 Å². The molecule has 1 rings (SSSR count). The van der Waals surface area contributed by atoms with Gasteiger partial charge in [0.1, 0.15) is 11.8 Å². The van der Waals surface area contributed by atoms with Crippen molar-refractivity contribution in [3.63, 3.8) is 0 Å². The second-order valence-electron chi connectivity index (χ2n) is 3.77. The van der Waals surface area contributed by atoms with Gasteiger partial charge in [-0.15, -0.1) is 6.58 Å². The molecule has 0 radical (unpaired) electrons. The Morgan fingerprint density at radius 2 is 2.16 bits per heavy atom. The van der Waals surface area contributed by atoms with Crippen LogP contribution in [0, 0.1) is 0 Å². The summed E-state index contributed by atoms with van der Waals surface area (Å²) in [7, 11) is 0. The highest BCUT2D eigenvalue weighted by molar-refractivity contribution is 5.84. The van der Waals surface area contributed by atoms with Crippen LogP contribution in [0.3, 0.4) is 0 Å². The van der Waals surface area contributed by atoms with Crippen molar-refractivity contribution in [3.8, 4) is 5.75 Å².